The highest BCUT2D eigenvalue weighted by atomic mass is 79.9. The number of pyridine rings is 2. The Bertz CT molecular complexity index is 973. The molecule has 0 aliphatic heterocycles. The predicted octanol–water partition coefficient (Wildman–Crippen LogP) is 4.80. The average Bonchev–Trinajstić information content (AvgIpc) is 2.48. The van der Waals surface area contributed by atoms with Crippen LogP contribution in [0.4, 0.5) is 0 Å². The fourth-order valence-electron chi connectivity index (χ4n) is 2.97. The third kappa shape index (κ3) is 1.58. The Morgan fingerprint density at radius 2 is 1.65 bits per heavy atom. The Morgan fingerprint density at radius 1 is 0.800 bits per heavy atom. The Hall–Kier alpha value is -1.93. The fourth-order valence-corrected chi connectivity index (χ4v) is 3.47. The van der Waals surface area contributed by atoms with Gasteiger partial charge < -0.3 is 0 Å². The first-order valence-corrected chi connectivity index (χ1v) is 7.45. The highest BCUT2D eigenvalue weighted by molar-refractivity contribution is 9.10. The van der Waals surface area contributed by atoms with Crippen molar-refractivity contribution in [2.45, 2.75) is 6.92 Å². The minimum Gasteiger partial charge on any atom is -0.166 e. The maximum absolute atomic E-state index is 3.64. The van der Waals surface area contributed by atoms with Crippen molar-refractivity contribution in [2.75, 3.05) is 0 Å². The minimum absolute atomic E-state index is 1.15. The fraction of sp³-hybridized carbons (Fsp3) is 0.0556. The monoisotopic (exact) mass is 322 g/mol. The number of aromatic nitrogens is 1. The van der Waals surface area contributed by atoms with Gasteiger partial charge in [0.1, 0.15) is 0 Å². The number of nitrogens with zero attached hydrogens (tertiary/aromatic N) is 1. The maximum Gasteiger partial charge on any atom is 0.214 e. The van der Waals surface area contributed by atoms with Crippen LogP contribution in [0.5, 0.6) is 0 Å². The van der Waals surface area contributed by atoms with Crippen molar-refractivity contribution in [3.8, 4) is 0 Å². The van der Waals surface area contributed by atoms with Crippen LogP contribution in [-0.2, 0) is 0 Å². The van der Waals surface area contributed by atoms with Crippen molar-refractivity contribution in [1.82, 2.24) is 0 Å². The van der Waals surface area contributed by atoms with E-state index in [0.29, 0.717) is 0 Å². The van der Waals surface area contributed by atoms with Crippen LogP contribution < -0.4 is 4.40 Å². The topological polar surface area (TPSA) is 4.10 Å². The molecule has 0 unspecified atom stereocenters. The van der Waals surface area contributed by atoms with Crippen LogP contribution in [0.25, 0.3) is 27.1 Å². The molecule has 0 fully saturated rings. The van der Waals surface area contributed by atoms with Crippen molar-refractivity contribution < 1.29 is 4.40 Å². The molecule has 0 aliphatic rings. The number of hydrogen-bond acceptors (Lipinski definition) is 0. The number of fused-ring (bicyclic) bond motifs is 4. The van der Waals surface area contributed by atoms with Gasteiger partial charge in [0.2, 0.25) is 5.52 Å². The third-order valence-electron chi connectivity index (χ3n) is 4.00. The summed E-state index contributed by atoms with van der Waals surface area (Å²) in [5, 5.41) is 5.17. The number of rotatable bonds is 0. The van der Waals surface area contributed by atoms with Gasteiger partial charge in [0.05, 0.1) is 5.39 Å². The van der Waals surface area contributed by atoms with Gasteiger partial charge >= 0.3 is 0 Å². The van der Waals surface area contributed by atoms with Crippen LogP contribution >= 0.6 is 15.9 Å². The van der Waals surface area contributed by atoms with E-state index in [1.807, 2.05) is 0 Å². The second-order valence-electron chi connectivity index (χ2n) is 5.11. The molecule has 4 aromatic rings. The van der Waals surface area contributed by atoms with Gasteiger partial charge in [0.25, 0.3) is 0 Å². The van der Waals surface area contributed by atoms with E-state index in [1.165, 1.54) is 32.6 Å². The first-order chi connectivity index (χ1) is 9.75. The third-order valence-corrected chi connectivity index (χ3v) is 4.69. The first-order valence-electron chi connectivity index (χ1n) is 6.66. The molecule has 2 heteroatoms. The highest BCUT2D eigenvalue weighted by Crippen LogP contribution is 2.31. The van der Waals surface area contributed by atoms with Gasteiger partial charge in [-0.2, -0.15) is 4.40 Å². The molecule has 0 aliphatic carbocycles. The summed E-state index contributed by atoms with van der Waals surface area (Å²) in [6.45, 7) is 2.20. The lowest BCUT2D eigenvalue weighted by Gasteiger charge is -2.07. The van der Waals surface area contributed by atoms with Gasteiger partial charge in [-0.15, -0.1) is 0 Å². The van der Waals surface area contributed by atoms with Gasteiger partial charge in [0, 0.05) is 22.2 Å². The minimum atomic E-state index is 1.15. The number of halogens is 1. The lowest BCUT2D eigenvalue weighted by Crippen LogP contribution is -2.21. The second kappa shape index (κ2) is 4.29. The SMILES string of the molecule is Cc1c2ccc3c(Br)cccc3c2c[n+]2ccccc12. The molecule has 0 atom stereocenters. The largest absolute Gasteiger partial charge is 0.214 e. The standard InChI is InChI=1S/C18H13BrN/c1-12-13-8-9-15-14(5-4-6-17(15)19)16(13)11-20-10-3-2-7-18(12)20/h2-11H,1H3/q+1. The molecule has 0 saturated carbocycles. The summed E-state index contributed by atoms with van der Waals surface area (Å²) in [6.07, 6.45) is 4.34. The molecule has 0 radical (unpaired) electrons. The Labute approximate surface area is 125 Å². The van der Waals surface area contributed by atoms with Gasteiger partial charge in [-0.1, -0.05) is 40.2 Å². The van der Waals surface area contributed by atoms with E-state index in [0.717, 1.165) is 4.47 Å². The summed E-state index contributed by atoms with van der Waals surface area (Å²) in [5.74, 6) is 0. The molecule has 2 aromatic heterocycles. The molecule has 0 bridgehead atoms. The Kier molecular flexibility index (Phi) is 2.54. The quantitative estimate of drug-likeness (QED) is 0.249. The summed E-state index contributed by atoms with van der Waals surface area (Å²) < 4.78 is 3.35. The number of hydrogen-bond donors (Lipinski definition) is 0. The van der Waals surface area contributed by atoms with E-state index in [9.17, 15) is 0 Å². The Morgan fingerprint density at radius 3 is 2.55 bits per heavy atom. The van der Waals surface area contributed by atoms with Crippen LogP contribution in [0.15, 0.2) is 65.4 Å². The van der Waals surface area contributed by atoms with Crippen LogP contribution in [0.3, 0.4) is 0 Å². The smallest absolute Gasteiger partial charge is 0.166 e. The maximum atomic E-state index is 3.64. The van der Waals surface area contributed by atoms with Gasteiger partial charge in [-0.3, -0.25) is 0 Å². The molecule has 0 amide bonds. The molecule has 0 saturated heterocycles. The highest BCUT2D eigenvalue weighted by Gasteiger charge is 2.12. The summed E-state index contributed by atoms with van der Waals surface area (Å²) >= 11 is 3.64. The molecule has 4 rings (SSSR count). The Balaban J connectivity index is 2.31. The summed E-state index contributed by atoms with van der Waals surface area (Å²) in [7, 11) is 0. The van der Waals surface area contributed by atoms with Crippen LogP contribution in [0.2, 0.25) is 0 Å². The molecule has 2 heterocycles. The van der Waals surface area contributed by atoms with E-state index < -0.39 is 0 Å². The zero-order chi connectivity index (χ0) is 13.7. The predicted molar refractivity (Wildman–Crippen MR) is 87.1 cm³/mol. The molecule has 0 spiro atoms. The van der Waals surface area contributed by atoms with Crippen molar-refractivity contribution >= 4 is 43.0 Å². The molecular weight excluding hydrogens is 310 g/mol. The van der Waals surface area contributed by atoms with Crippen molar-refractivity contribution in [3.05, 3.63) is 71.0 Å². The van der Waals surface area contributed by atoms with Gasteiger partial charge in [-0.25, -0.2) is 0 Å². The summed E-state index contributed by atoms with van der Waals surface area (Å²) in [5.41, 5.74) is 2.58. The van der Waals surface area contributed by atoms with E-state index in [-0.39, 0.29) is 0 Å². The van der Waals surface area contributed by atoms with Crippen LogP contribution in [0, 0.1) is 6.92 Å². The van der Waals surface area contributed by atoms with E-state index >= 15 is 0 Å². The average molecular weight is 323 g/mol. The van der Waals surface area contributed by atoms with Gasteiger partial charge in [0.15, 0.2) is 12.4 Å². The van der Waals surface area contributed by atoms with Gasteiger partial charge in [-0.05, 0) is 35.2 Å². The lowest BCUT2D eigenvalue weighted by atomic mass is 10.00. The molecule has 1 nitrogen and oxygen atoms in total. The van der Waals surface area contributed by atoms with E-state index in [2.05, 4.69) is 88.2 Å². The van der Waals surface area contributed by atoms with E-state index in [4.69, 9.17) is 0 Å². The normalized spacial score (nSPS) is 11.5. The van der Waals surface area contributed by atoms with Crippen LogP contribution in [-0.4, -0.2) is 0 Å². The molecule has 2 aromatic carbocycles. The molecule has 96 valence electrons. The second-order valence-corrected chi connectivity index (χ2v) is 5.96. The van der Waals surface area contributed by atoms with Crippen molar-refractivity contribution in [1.29, 1.82) is 0 Å². The number of benzene rings is 2. The number of aryl methyl sites for hydroxylation is 1. The first kappa shape index (κ1) is 11.9. The molecular formula is C18H13BrN+. The summed E-state index contributed by atoms with van der Waals surface area (Å²) in [6, 6.07) is 17.1. The lowest BCUT2D eigenvalue weighted by molar-refractivity contribution is -0.510. The van der Waals surface area contributed by atoms with Crippen molar-refractivity contribution in [3.63, 3.8) is 0 Å². The summed E-state index contributed by atoms with van der Waals surface area (Å²) in [4.78, 5) is 0. The molecule has 20 heavy (non-hydrogen) atoms. The molecule has 0 N–H and O–H groups in total. The van der Waals surface area contributed by atoms with Crippen LogP contribution in [0.1, 0.15) is 5.56 Å². The zero-order valence-corrected chi connectivity index (χ0v) is 12.7. The van der Waals surface area contributed by atoms with Crippen molar-refractivity contribution in [2.24, 2.45) is 0 Å². The zero-order valence-electron chi connectivity index (χ0n) is 11.1. The van der Waals surface area contributed by atoms with E-state index in [1.54, 1.807) is 0 Å².